The molecule has 0 aromatic heterocycles. The van der Waals surface area contributed by atoms with Crippen LogP contribution in [-0.2, 0) is 9.47 Å². The van der Waals surface area contributed by atoms with E-state index in [2.05, 4.69) is 9.47 Å². The van der Waals surface area contributed by atoms with Crippen LogP contribution in [0.1, 0.15) is 0 Å². The van der Waals surface area contributed by atoms with E-state index in [1.54, 1.807) is 0 Å². The van der Waals surface area contributed by atoms with Crippen LogP contribution in [0.3, 0.4) is 0 Å². The average Bonchev–Trinajstić information content (AvgIpc) is 1.94. The Hall–Kier alpha value is -0.360. The Kier molecular flexibility index (Phi) is 6.00. The molecule has 12 heavy (non-hydrogen) atoms. The van der Waals surface area contributed by atoms with E-state index in [0.717, 1.165) is 0 Å². The van der Waals surface area contributed by atoms with Crippen molar-refractivity contribution in [2.45, 2.75) is 6.18 Å². The molecule has 0 aromatic rings. The zero-order valence-corrected chi connectivity index (χ0v) is 6.36. The van der Waals surface area contributed by atoms with Gasteiger partial charge in [0.05, 0.1) is 19.8 Å². The molecule has 2 nitrogen and oxygen atoms in total. The predicted octanol–water partition coefficient (Wildman–Crippen LogP) is 1.55. The number of rotatable bonds is 6. The molecular weight excluding hydrogens is 180 g/mol. The maximum absolute atomic E-state index is 11.4. The van der Waals surface area contributed by atoms with Crippen LogP contribution < -0.4 is 0 Å². The second kappa shape index (κ2) is 6.19. The predicted molar refractivity (Wildman–Crippen MR) is 33.7 cm³/mol. The zero-order valence-electron chi connectivity index (χ0n) is 6.36. The van der Waals surface area contributed by atoms with Crippen LogP contribution >= 0.6 is 0 Å². The molecule has 0 N–H and O–H groups in total. The van der Waals surface area contributed by atoms with Gasteiger partial charge in [0, 0.05) is 0 Å². The summed E-state index contributed by atoms with van der Waals surface area (Å²) in [6.45, 7) is -2.21. The molecular formula is C6H10F4O2. The standard InChI is InChI=1S/C6H10F4O2/c7-1-2-11-3-4-12-5-6(8,9)10/h1-5H2. The third kappa shape index (κ3) is 9.64. The van der Waals surface area contributed by atoms with Crippen molar-refractivity contribution in [3.63, 3.8) is 0 Å². The maximum atomic E-state index is 11.4. The van der Waals surface area contributed by atoms with E-state index in [1.807, 2.05) is 0 Å². The molecule has 6 heteroatoms. The lowest BCUT2D eigenvalue weighted by molar-refractivity contribution is -0.176. The van der Waals surface area contributed by atoms with Crippen LogP contribution in [0.2, 0.25) is 0 Å². The molecule has 0 amide bonds. The molecule has 0 bridgehead atoms. The van der Waals surface area contributed by atoms with Crippen LogP contribution in [0.25, 0.3) is 0 Å². The van der Waals surface area contributed by atoms with Gasteiger partial charge in [-0.2, -0.15) is 13.2 Å². The maximum Gasteiger partial charge on any atom is 0.411 e. The fraction of sp³-hybridized carbons (Fsp3) is 1.00. The highest BCUT2D eigenvalue weighted by Crippen LogP contribution is 2.13. The molecule has 74 valence electrons. The first-order valence-electron chi connectivity index (χ1n) is 3.34. The summed E-state index contributed by atoms with van der Waals surface area (Å²) in [5.74, 6) is 0. The smallest absolute Gasteiger partial charge is 0.376 e. The first-order chi connectivity index (χ1) is 5.56. The van der Waals surface area contributed by atoms with Crippen molar-refractivity contribution in [2.75, 3.05) is 33.1 Å². The van der Waals surface area contributed by atoms with E-state index < -0.39 is 19.5 Å². The molecule has 0 aliphatic carbocycles. The van der Waals surface area contributed by atoms with Gasteiger partial charge in [0.2, 0.25) is 0 Å². The Morgan fingerprint density at radius 1 is 0.917 bits per heavy atom. The number of halogens is 4. The summed E-state index contributed by atoms with van der Waals surface area (Å²) < 4.78 is 54.3. The summed E-state index contributed by atoms with van der Waals surface area (Å²) in [7, 11) is 0. The van der Waals surface area contributed by atoms with Crippen LogP contribution in [-0.4, -0.2) is 39.3 Å². The highest BCUT2D eigenvalue weighted by Gasteiger charge is 2.27. The van der Waals surface area contributed by atoms with Gasteiger partial charge < -0.3 is 9.47 Å². The molecule has 0 saturated carbocycles. The van der Waals surface area contributed by atoms with Crippen molar-refractivity contribution >= 4 is 0 Å². The van der Waals surface area contributed by atoms with Gasteiger partial charge in [-0.25, -0.2) is 4.39 Å². The third-order valence-electron chi connectivity index (χ3n) is 0.859. The van der Waals surface area contributed by atoms with Crippen LogP contribution in [0.5, 0.6) is 0 Å². The molecule has 0 fully saturated rings. The first kappa shape index (κ1) is 11.6. The van der Waals surface area contributed by atoms with Crippen LogP contribution in [0.4, 0.5) is 17.6 Å². The normalized spacial score (nSPS) is 12.0. The molecule has 0 spiro atoms. The molecule has 0 aromatic carbocycles. The minimum absolute atomic E-state index is 0.0139. The highest BCUT2D eigenvalue weighted by atomic mass is 19.4. The molecule has 0 saturated heterocycles. The van der Waals surface area contributed by atoms with Gasteiger partial charge in [-0.3, -0.25) is 0 Å². The lowest BCUT2D eigenvalue weighted by Crippen LogP contribution is -2.19. The van der Waals surface area contributed by atoms with E-state index in [-0.39, 0.29) is 19.8 Å². The van der Waals surface area contributed by atoms with E-state index in [9.17, 15) is 17.6 Å². The third-order valence-corrected chi connectivity index (χ3v) is 0.859. The summed E-state index contributed by atoms with van der Waals surface area (Å²) in [4.78, 5) is 0. The Balaban J connectivity index is 3.01. The second-order valence-corrected chi connectivity index (χ2v) is 1.97. The summed E-state index contributed by atoms with van der Waals surface area (Å²) in [5, 5.41) is 0. The summed E-state index contributed by atoms with van der Waals surface area (Å²) in [5.41, 5.74) is 0. The Labute approximate surface area is 67.5 Å². The average molecular weight is 190 g/mol. The summed E-state index contributed by atoms with van der Waals surface area (Å²) in [6.07, 6.45) is -4.31. The van der Waals surface area contributed by atoms with Gasteiger partial charge in [0.15, 0.2) is 0 Å². The molecule has 0 radical (unpaired) electrons. The Bertz CT molecular complexity index is 104. The van der Waals surface area contributed by atoms with Crippen molar-refractivity contribution < 1.29 is 27.0 Å². The van der Waals surface area contributed by atoms with E-state index in [1.165, 1.54) is 0 Å². The van der Waals surface area contributed by atoms with Crippen molar-refractivity contribution in [3.8, 4) is 0 Å². The minimum Gasteiger partial charge on any atom is -0.376 e. The zero-order chi connectivity index (χ0) is 9.45. The summed E-state index contributed by atoms with van der Waals surface area (Å²) >= 11 is 0. The first-order valence-corrected chi connectivity index (χ1v) is 3.34. The SMILES string of the molecule is FCCOCCOCC(F)(F)F. The Morgan fingerprint density at radius 3 is 2.00 bits per heavy atom. The van der Waals surface area contributed by atoms with Crippen molar-refractivity contribution in [2.24, 2.45) is 0 Å². The van der Waals surface area contributed by atoms with Crippen LogP contribution in [0, 0.1) is 0 Å². The number of hydrogen-bond donors (Lipinski definition) is 0. The van der Waals surface area contributed by atoms with Crippen molar-refractivity contribution in [1.29, 1.82) is 0 Å². The fourth-order valence-corrected chi connectivity index (χ4v) is 0.462. The molecule has 0 heterocycles. The van der Waals surface area contributed by atoms with E-state index in [0.29, 0.717) is 0 Å². The van der Waals surface area contributed by atoms with Crippen molar-refractivity contribution in [1.82, 2.24) is 0 Å². The summed E-state index contributed by atoms with van der Waals surface area (Å²) in [6, 6.07) is 0. The number of ether oxygens (including phenoxy) is 2. The lowest BCUT2D eigenvalue weighted by Gasteiger charge is -2.06. The Morgan fingerprint density at radius 2 is 1.50 bits per heavy atom. The minimum atomic E-state index is -4.31. The lowest BCUT2D eigenvalue weighted by atomic mass is 10.7. The van der Waals surface area contributed by atoms with Gasteiger partial charge in [-0.1, -0.05) is 0 Å². The molecule has 0 aliphatic heterocycles. The number of hydrogen-bond acceptors (Lipinski definition) is 2. The van der Waals surface area contributed by atoms with E-state index in [4.69, 9.17) is 0 Å². The fourth-order valence-electron chi connectivity index (χ4n) is 0.462. The largest absolute Gasteiger partial charge is 0.411 e. The number of alkyl halides is 4. The van der Waals surface area contributed by atoms with Gasteiger partial charge >= 0.3 is 6.18 Å². The van der Waals surface area contributed by atoms with Gasteiger partial charge in [-0.15, -0.1) is 0 Å². The molecule has 0 unspecified atom stereocenters. The second-order valence-electron chi connectivity index (χ2n) is 1.97. The van der Waals surface area contributed by atoms with Crippen LogP contribution in [0.15, 0.2) is 0 Å². The van der Waals surface area contributed by atoms with Gasteiger partial charge in [0.1, 0.15) is 13.3 Å². The van der Waals surface area contributed by atoms with Gasteiger partial charge in [0.25, 0.3) is 0 Å². The quantitative estimate of drug-likeness (QED) is 0.467. The topological polar surface area (TPSA) is 18.5 Å². The van der Waals surface area contributed by atoms with Gasteiger partial charge in [-0.05, 0) is 0 Å². The molecule has 0 rings (SSSR count). The molecule has 0 atom stereocenters. The monoisotopic (exact) mass is 190 g/mol. The van der Waals surface area contributed by atoms with E-state index >= 15 is 0 Å². The highest BCUT2D eigenvalue weighted by molar-refractivity contribution is 4.44. The van der Waals surface area contributed by atoms with Crippen molar-refractivity contribution in [3.05, 3.63) is 0 Å². The molecule has 0 aliphatic rings.